The SMILES string of the molecule is CCCNC(=O)C1c2ccccc2-c2c(CCCCSc3nc4ccc(OCC)cc4s3)cccc21. The zero-order chi connectivity index (χ0) is 24.9. The number of nitrogens with zero attached hydrogens (tertiary/aromatic N) is 1. The molecule has 1 aliphatic carbocycles. The third-order valence-corrected chi connectivity index (χ3v) is 8.81. The van der Waals surface area contributed by atoms with E-state index in [1.807, 2.05) is 36.9 Å². The molecule has 4 nitrogen and oxygen atoms in total. The molecule has 1 unspecified atom stereocenters. The van der Waals surface area contributed by atoms with Gasteiger partial charge in [0, 0.05) is 12.3 Å². The molecule has 0 saturated heterocycles. The molecule has 1 aliphatic rings. The molecule has 0 radical (unpaired) electrons. The average molecular weight is 517 g/mol. The van der Waals surface area contributed by atoms with E-state index >= 15 is 0 Å². The predicted molar refractivity (Wildman–Crippen MR) is 151 cm³/mol. The molecule has 1 N–H and O–H groups in total. The summed E-state index contributed by atoms with van der Waals surface area (Å²) >= 11 is 3.58. The van der Waals surface area contributed by atoms with E-state index in [-0.39, 0.29) is 11.8 Å². The smallest absolute Gasteiger partial charge is 0.232 e. The van der Waals surface area contributed by atoms with E-state index < -0.39 is 0 Å². The monoisotopic (exact) mass is 516 g/mol. The largest absolute Gasteiger partial charge is 0.494 e. The molecule has 1 heterocycles. The fourth-order valence-corrected chi connectivity index (χ4v) is 7.12. The number of nitrogens with one attached hydrogen (secondary N) is 1. The molecule has 0 bridgehead atoms. The maximum absolute atomic E-state index is 13.1. The summed E-state index contributed by atoms with van der Waals surface area (Å²) in [6.07, 6.45) is 4.18. The van der Waals surface area contributed by atoms with E-state index in [9.17, 15) is 4.79 Å². The van der Waals surface area contributed by atoms with Crippen LogP contribution in [0, 0.1) is 0 Å². The van der Waals surface area contributed by atoms with Crippen LogP contribution in [-0.4, -0.2) is 29.8 Å². The van der Waals surface area contributed by atoms with Crippen LogP contribution >= 0.6 is 23.1 Å². The molecule has 4 aromatic rings. The average Bonchev–Trinajstić information content (AvgIpc) is 3.46. The summed E-state index contributed by atoms with van der Waals surface area (Å²) in [6.45, 7) is 5.48. The number of thiazole rings is 1. The lowest BCUT2D eigenvalue weighted by Gasteiger charge is -2.14. The Hall–Kier alpha value is -2.83. The zero-order valence-electron chi connectivity index (χ0n) is 20.9. The molecule has 6 heteroatoms. The summed E-state index contributed by atoms with van der Waals surface area (Å²) in [5.41, 5.74) is 7.16. The normalized spacial score (nSPS) is 14.0. The Morgan fingerprint density at radius 3 is 2.78 bits per heavy atom. The van der Waals surface area contributed by atoms with Crippen LogP contribution in [0.2, 0.25) is 0 Å². The molecular formula is C30H32N2O2S2. The van der Waals surface area contributed by atoms with Crippen LogP contribution < -0.4 is 10.1 Å². The van der Waals surface area contributed by atoms with Crippen LogP contribution in [0.3, 0.4) is 0 Å². The topological polar surface area (TPSA) is 51.2 Å². The molecule has 36 heavy (non-hydrogen) atoms. The van der Waals surface area contributed by atoms with Gasteiger partial charge in [-0.25, -0.2) is 4.98 Å². The number of hydrogen-bond donors (Lipinski definition) is 1. The standard InChI is InChI=1S/C30H32N2O2S2/c1-3-17-31-29(33)28-23-13-6-5-12-22(23)27-20(11-9-14-24(27)28)10-7-8-18-35-30-32-25-16-15-21(34-4-2)19-26(25)36-30/h5-6,9,11-16,19,28H,3-4,7-8,10,17-18H2,1-2H3,(H,31,33). The van der Waals surface area contributed by atoms with Gasteiger partial charge in [-0.15, -0.1) is 11.3 Å². The van der Waals surface area contributed by atoms with Crippen molar-refractivity contribution < 1.29 is 9.53 Å². The predicted octanol–water partition coefficient (Wildman–Crippen LogP) is 7.45. The Bertz CT molecular complexity index is 1360. The molecular weight excluding hydrogens is 484 g/mol. The van der Waals surface area contributed by atoms with E-state index in [0.29, 0.717) is 13.2 Å². The van der Waals surface area contributed by atoms with E-state index in [1.54, 1.807) is 11.3 Å². The summed E-state index contributed by atoms with van der Waals surface area (Å²) in [7, 11) is 0. The van der Waals surface area contributed by atoms with Gasteiger partial charge >= 0.3 is 0 Å². The number of aryl methyl sites for hydroxylation is 1. The fraction of sp³-hybridized carbons (Fsp3) is 0.333. The zero-order valence-corrected chi connectivity index (χ0v) is 22.5. The van der Waals surface area contributed by atoms with Crippen molar-refractivity contribution in [3.05, 3.63) is 77.4 Å². The highest BCUT2D eigenvalue weighted by atomic mass is 32.2. The van der Waals surface area contributed by atoms with Gasteiger partial charge in [0.15, 0.2) is 4.34 Å². The lowest BCUT2D eigenvalue weighted by atomic mass is 9.93. The maximum Gasteiger partial charge on any atom is 0.232 e. The minimum absolute atomic E-state index is 0.112. The minimum atomic E-state index is -0.208. The van der Waals surface area contributed by atoms with E-state index in [2.05, 4.69) is 54.7 Å². The third kappa shape index (κ3) is 5.16. The molecule has 186 valence electrons. The van der Waals surface area contributed by atoms with Crippen LogP contribution in [0.25, 0.3) is 21.3 Å². The second kappa shape index (κ2) is 11.5. The lowest BCUT2D eigenvalue weighted by molar-refractivity contribution is -0.121. The Balaban J connectivity index is 1.23. The number of ether oxygens (including phenoxy) is 1. The molecule has 5 rings (SSSR count). The first-order valence-corrected chi connectivity index (χ1v) is 14.6. The molecule has 1 amide bonds. The van der Waals surface area contributed by atoms with Gasteiger partial charge in [-0.05, 0) is 78.6 Å². The minimum Gasteiger partial charge on any atom is -0.494 e. The summed E-state index contributed by atoms with van der Waals surface area (Å²) in [5.74, 6) is 1.86. The Morgan fingerprint density at radius 2 is 1.92 bits per heavy atom. The number of amides is 1. The van der Waals surface area contributed by atoms with Gasteiger partial charge in [0.25, 0.3) is 0 Å². The van der Waals surface area contributed by atoms with Gasteiger partial charge < -0.3 is 10.1 Å². The van der Waals surface area contributed by atoms with Gasteiger partial charge in [0.05, 0.1) is 22.7 Å². The number of aromatic nitrogens is 1. The quantitative estimate of drug-likeness (QED) is 0.166. The lowest BCUT2D eigenvalue weighted by Crippen LogP contribution is -2.29. The number of rotatable bonds is 11. The molecule has 0 aliphatic heterocycles. The second-order valence-electron chi connectivity index (χ2n) is 9.04. The van der Waals surface area contributed by atoms with Crippen molar-refractivity contribution in [2.75, 3.05) is 18.9 Å². The van der Waals surface area contributed by atoms with Gasteiger partial charge in [-0.3, -0.25) is 4.79 Å². The van der Waals surface area contributed by atoms with Crippen LogP contribution in [-0.2, 0) is 11.2 Å². The number of benzene rings is 3. The second-order valence-corrected chi connectivity index (χ2v) is 11.4. The van der Waals surface area contributed by atoms with Crippen molar-refractivity contribution >= 4 is 39.2 Å². The van der Waals surface area contributed by atoms with Crippen molar-refractivity contribution in [3.63, 3.8) is 0 Å². The molecule has 0 fully saturated rings. The van der Waals surface area contributed by atoms with Crippen molar-refractivity contribution in [3.8, 4) is 16.9 Å². The van der Waals surface area contributed by atoms with Crippen molar-refractivity contribution in [1.29, 1.82) is 0 Å². The van der Waals surface area contributed by atoms with E-state index in [0.717, 1.165) is 58.2 Å². The summed E-state index contributed by atoms with van der Waals surface area (Å²) in [5, 5.41) is 3.12. The van der Waals surface area contributed by atoms with Gasteiger partial charge in [0.2, 0.25) is 5.91 Å². The summed E-state index contributed by atoms with van der Waals surface area (Å²) < 4.78 is 7.92. The van der Waals surface area contributed by atoms with Crippen LogP contribution in [0.4, 0.5) is 0 Å². The van der Waals surface area contributed by atoms with Gasteiger partial charge in [-0.2, -0.15) is 0 Å². The highest BCUT2D eigenvalue weighted by molar-refractivity contribution is 8.01. The van der Waals surface area contributed by atoms with Crippen LogP contribution in [0.1, 0.15) is 55.7 Å². The molecule has 3 aromatic carbocycles. The Labute approximate surface area is 221 Å². The fourth-order valence-electron chi connectivity index (χ4n) is 4.95. The van der Waals surface area contributed by atoms with Crippen LogP contribution in [0.15, 0.2) is 65.0 Å². The third-order valence-electron chi connectivity index (χ3n) is 6.56. The summed E-state index contributed by atoms with van der Waals surface area (Å²) in [6, 6.07) is 21.0. The van der Waals surface area contributed by atoms with E-state index in [1.165, 1.54) is 21.4 Å². The van der Waals surface area contributed by atoms with Gasteiger partial charge in [0.1, 0.15) is 5.75 Å². The highest BCUT2D eigenvalue weighted by Gasteiger charge is 2.34. The van der Waals surface area contributed by atoms with Crippen molar-refractivity contribution in [1.82, 2.24) is 10.3 Å². The molecule has 1 atom stereocenters. The van der Waals surface area contributed by atoms with Gasteiger partial charge in [-0.1, -0.05) is 61.2 Å². The molecule has 0 spiro atoms. The first kappa shape index (κ1) is 24.8. The van der Waals surface area contributed by atoms with Crippen molar-refractivity contribution in [2.45, 2.75) is 49.8 Å². The number of carbonyl (C=O) groups is 1. The maximum atomic E-state index is 13.1. The first-order chi connectivity index (χ1) is 17.7. The Morgan fingerprint density at radius 1 is 1.06 bits per heavy atom. The number of thioether (sulfide) groups is 1. The number of carbonyl (C=O) groups excluding carboxylic acids is 1. The van der Waals surface area contributed by atoms with Crippen LogP contribution in [0.5, 0.6) is 5.75 Å². The molecule has 1 aromatic heterocycles. The molecule has 0 saturated carbocycles. The first-order valence-electron chi connectivity index (χ1n) is 12.8. The van der Waals surface area contributed by atoms with Crippen molar-refractivity contribution in [2.24, 2.45) is 0 Å². The number of hydrogen-bond acceptors (Lipinski definition) is 5. The number of fused-ring (bicyclic) bond motifs is 4. The number of unbranched alkanes of at least 4 members (excludes halogenated alkanes) is 1. The highest BCUT2D eigenvalue weighted by Crippen LogP contribution is 2.46. The summed E-state index contributed by atoms with van der Waals surface area (Å²) in [4.78, 5) is 17.8. The Kier molecular flexibility index (Phi) is 7.93. The van der Waals surface area contributed by atoms with E-state index in [4.69, 9.17) is 9.72 Å².